The van der Waals surface area contributed by atoms with Crippen LogP contribution in [0.25, 0.3) is 0 Å². The quantitative estimate of drug-likeness (QED) is 0.779. The van der Waals surface area contributed by atoms with Crippen molar-refractivity contribution in [2.45, 2.75) is 71.5 Å². The van der Waals surface area contributed by atoms with Gasteiger partial charge in [0.1, 0.15) is 11.2 Å². The molecule has 0 spiro atoms. The summed E-state index contributed by atoms with van der Waals surface area (Å²) in [5.74, 6) is -0.218. The maximum absolute atomic E-state index is 11.7. The fraction of sp³-hybridized carbons (Fsp3) is 0.867. The molecule has 1 aliphatic carbocycles. The van der Waals surface area contributed by atoms with Crippen LogP contribution < -0.4 is 5.48 Å². The van der Waals surface area contributed by atoms with Crippen LogP contribution in [-0.2, 0) is 14.4 Å². The monoisotopic (exact) mass is 301 g/mol. The van der Waals surface area contributed by atoms with E-state index in [1.165, 1.54) is 0 Å². The van der Waals surface area contributed by atoms with E-state index in [4.69, 9.17) is 14.7 Å². The van der Waals surface area contributed by atoms with E-state index in [9.17, 15) is 9.59 Å². The van der Waals surface area contributed by atoms with Crippen molar-refractivity contribution in [2.75, 3.05) is 0 Å². The Bertz CT molecular complexity index is 378. The predicted molar refractivity (Wildman–Crippen MR) is 77.6 cm³/mol. The second-order valence-corrected chi connectivity index (χ2v) is 7.31. The lowest BCUT2D eigenvalue weighted by Gasteiger charge is -2.41. The Morgan fingerprint density at radius 3 is 2.19 bits per heavy atom. The number of aliphatic carboxylic acids is 1. The number of carboxylic acids is 1. The molecule has 0 aliphatic heterocycles. The molecule has 0 radical (unpaired) electrons. The van der Waals surface area contributed by atoms with Crippen LogP contribution in [0.2, 0.25) is 0 Å². The first kappa shape index (κ1) is 17.8. The summed E-state index contributed by atoms with van der Waals surface area (Å²) in [6, 6.07) is 0. The van der Waals surface area contributed by atoms with Gasteiger partial charge in [-0.3, -0.25) is 9.63 Å². The molecule has 1 rings (SSSR count). The maximum atomic E-state index is 11.7. The van der Waals surface area contributed by atoms with Crippen molar-refractivity contribution in [3.8, 4) is 0 Å². The average molecular weight is 301 g/mol. The number of hydroxylamine groups is 1. The number of nitrogens with one attached hydrogen (secondary N) is 1. The van der Waals surface area contributed by atoms with Crippen LogP contribution in [-0.4, -0.2) is 28.4 Å². The Morgan fingerprint density at radius 2 is 1.76 bits per heavy atom. The first-order valence-corrected chi connectivity index (χ1v) is 7.40. The molecule has 2 atom stereocenters. The van der Waals surface area contributed by atoms with Crippen LogP contribution >= 0.6 is 0 Å². The normalized spacial score (nSPS) is 29.8. The maximum Gasteiger partial charge on any atom is 0.431 e. The highest BCUT2D eigenvalue weighted by Gasteiger charge is 2.42. The number of hydrogen-bond donors (Lipinski definition) is 2. The largest absolute Gasteiger partial charge is 0.481 e. The smallest absolute Gasteiger partial charge is 0.431 e. The van der Waals surface area contributed by atoms with Crippen molar-refractivity contribution < 1.29 is 24.3 Å². The predicted octanol–water partition coefficient (Wildman–Crippen LogP) is 3.11. The lowest BCUT2D eigenvalue weighted by atomic mass is 9.72. The van der Waals surface area contributed by atoms with E-state index in [1.54, 1.807) is 20.8 Å². The third-order valence-corrected chi connectivity index (χ3v) is 3.47. The molecule has 122 valence electrons. The fourth-order valence-electron chi connectivity index (χ4n) is 3.20. The summed E-state index contributed by atoms with van der Waals surface area (Å²) in [5, 5.41) is 9.13. The van der Waals surface area contributed by atoms with E-state index < -0.39 is 23.3 Å². The molecule has 6 nitrogen and oxygen atoms in total. The van der Waals surface area contributed by atoms with Gasteiger partial charge in [-0.05, 0) is 51.9 Å². The van der Waals surface area contributed by atoms with Crippen LogP contribution in [0.1, 0.15) is 60.3 Å². The standard InChI is InChI=1S/C15H27NO5/c1-10-6-11(2)8-15(7-10,9-12(17)18)21-16-13(19)20-14(3,4)5/h10-11H,6-9H2,1-5H3,(H,16,19)(H,17,18). The van der Waals surface area contributed by atoms with Crippen molar-refractivity contribution in [2.24, 2.45) is 11.8 Å². The molecular formula is C15H27NO5. The summed E-state index contributed by atoms with van der Waals surface area (Å²) in [7, 11) is 0. The highest BCUT2D eigenvalue weighted by atomic mass is 16.7. The van der Waals surface area contributed by atoms with Crippen molar-refractivity contribution in [1.82, 2.24) is 5.48 Å². The van der Waals surface area contributed by atoms with Gasteiger partial charge in [-0.1, -0.05) is 13.8 Å². The Kier molecular flexibility index (Phi) is 5.61. The van der Waals surface area contributed by atoms with E-state index in [-0.39, 0.29) is 6.42 Å². The number of carboxylic acid groups (broad SMARTS) is 1. The van der Waals surface area contributed by atoms with Gasteiger partial charge >= 0.3 is 12.1 Å². The lowest BCUT2D eigenvalue weighted by Crippen LogP contribution is -2.47. The summed E-state index contributed by atoms with van der Waals surface area (Å²) in [6.45, 7) is 9.41. The van der Waals surface area contributed by atoms with Crippen molar-refractivity contribution in [3.63, 3.8) is 0 Å². The number of rotatable bonds is 4. The van der Waals surface area contributed by atoms with Gasteiger partial charge in [0.05, 0.1) is 6.42 Å². The molecule has 0 saturated heterocycles. The number of carbonyl (C=O) groups excluding carboxylic acids is 1. The van der Waals surface area contributed by atoms with Crippen molar-refractivity contribution in [3.05, 3.63) is 0 Å². The lowest BCUT2D eigenvalue weighted by molar-refractivity contribution is -0.165. The SMILES string of the molecule is CC1CC(C)CC(CC(=O)O)(ONC(=O)OC(C)(C)C)C1. The van der Waals surface area contributed by atoms with Gasteiger partial charge in [0.15, 0.2) is 0 Å². The number of hydrogen-bond acceptors (Lipinski definition) is 4. The first-order valence-electron chi connectivity index (χ1n) is 7.40. The van der Waals surface area contributed by atoms with Crippen LogP contribution in [0.15, 0.2) is 0 Å². The minimum Gasteiger partial charge on any atom is -0.481 e. The molecule has 1 saturated carbocycles. The molecule has 0 bridgehead atoms. The molecule has 0 heterocycles. The van der Waals surface area contributed by atoms with Gasteiger partial charge in [-0.25, -0.2) is 4.79 Å². The van der Waals surface area contributed by atoms with Crippen molar-refractivity contribution in [1.29, 1.82) is 0 Å². The molecule has 1 amide bonds. The van der Waals surface area contributed by atoms with E-state index in [0.717, 1.165) is 6.42 Å². The van der Waals surface area contributed by atoms with Crippen LogP contribution in [0.5, 0.6) is 0 Å². The minimum absolute atomic E-state index is 0.128. The van der Waals surface area contributed by atoms with Crippen LogP contribution in [0, 0.1) is 11.8 Å². The Hall–Kier alpha value is -1.30. The van der Waals surface area contributed by atoms with E-state index in [0.29, 0.717) is 24.7 Å². The summed E-state index contributed by atoms with van der Waals surface area (Å²) < 4.78 is 5.11. The molecule has 2 N–H and O–H groups in total. The van der Waals surface area contributed by atoms with Gasteiger partial charge < -0.3 is 9.84 Å². The molecule has 1 fully saturated rings. The molecule has 6 heteroatoms. The summed E-state index contributed by atoms with van der Waals surface area (Å²) in [4.78, 5) is 28.3. The van der Waals surface area contributed by atoms with E-state index >= 15 is 0 Å². The Balaban J connectivity index is 2.70. The van der Waals surface area contributed by atoms with Gasteiger partial charge in [0.2, 0.25) is 0 Å². The van der Waals surface area contributed by atoms with Gasteiger partial charge in [-0.2, -0.15) is 5.48 Å². The number of carbonyl (C=O) groups is 2. The summed E-state index contributed by atoms with van der Waals surface area (Å²) >= 11 is 0. The second kappa shape index (κ2) is 6.64. The molecule has 0 aromatic carbocycles. The zero-order valence-electron chi connectivity index (χ0n) is 13.6. The second-order valence-electron chi connectivity index (χ2n) is 7.31. The fourth-order valence-corrected chi connectivity index (χ4v) is 3.20. The van der Waals surface area contributed by atoms with Gasteiger partial charge in [0, 0.05) is 0 Å². The molecule has 2 unspecified atom stereocenters. The number of ether oxygens (including phenoxy) is 1. The highest BCUT2D eigenvalue weighted by molar-refractivity contribution is 5.68. The van der Waals surface area contributed by atoms with Crippen LogP contribution in [0.4, 0.5) is 4.79 Å². The zero-order chi connectivity index (χ0) is 16.3. The molecular weight excluding hydrogens is 274 g/mol. The zero-order valence-corrected chi connectivity index (χ0v) is 13.6. The topological polar surface area (TPSA) is 84.9 Å². The first-order chi connectivity index (χ1) is 9.51. The third kappa shape index (κ3) is 6.33. The average Bonchev–Trinajstić information content (AvgIpc) is 2.21. The van der Waals surface area contributed by atoms with Crippen LogP contribution in [0.3, 0.4) is 0 Å². The summed E-state index contributed by atoms with van der Waals surface area (Å²) in [6.07, 6.45) is 1.44. The molecule has 21 heavy (non-hydrogen) atoms. The summed E-state index contributed by atoms with van der Waals surface area (Å²) in [5.41, 5.74) is 0.786. The Labute approximate surface area is 126 Å². The molecule has 0 aromatic rings. The minimum atomic E-state index is -0.928. The van der Waals surface area contributed by atoms with Gasteiger partial charge in [-0.15, -0.1) is 0 Å². The van der Waals surface area contributed by atoms with Crippen molar-refractivity contribution >= 4 is 12.1 Å². The highest BCUT2D eigenvalue weighted by Crippen LogP contribution is 2.40. The number of amides is 1. The van der Waals surface area contributed by atoms with Gasteiger partial charge in [0.25, 0.3) is 0 Å². The van der Waals surface area contributed by atoms with E-state index in [1.807, 2.05) is 0 Å². The molecule has 1 aliphatic rings. The Morgan fingerprint density at radius 1 is 1.24 bits per heavy atom. The molecule has 0 aromatic heterocycles. The third-order valence-electron chi connectivity index (χ3n) is 3.47. The van der Waals surface area contributed by atoms with E-state index in [2.05, 4.69) is 19.3 Å².